The summed E-state index contributed by atoms with van der Waals surface area (Å²) in [5.74, 6) is -0.644. The van der Waals surface area contributed by atoms with Gasteiger partial charge in [0.05, 0.1) is 12.5 Å². The number of alkyl halides is 3. The summed E-state index contributed by atoms with van der Waals surface area (Å²) < 4.78 is 37.3. The Morgan fingerprint density at radius 2 is 1.96 bits per heavy atom. The van der Waals surface area contributed by atoms with Crippen LogP contribution in [0.25, 0.3) is 0 Å². The van der Waals surface area contributed by atoms with Gasteiger partial charge in [0.2, 0.25) is 11.8 Å². The van der Waals surface area contributed by atoms with Gasteiger partial charge in [0.1, 0.15) is 0 Å². The van der Waals surface area contributed by atoms with Crippen molar-refractivity contribution >= 4 is 11.8 Å². The third-order valence-corrected chi connectivity index (χ3v) is 4.75. The third-order valence-electron chi connectivity index (χ3n) is 4.75. The van der Waals surface area contributed by atoms with Crippen molar-refractivity contribution in [3.63, 3.8) is 0 Å². The molecule has 1 atom stereocenters. The zero-order valence-corrected chi connectivity index (χ0v) is 14.3. The van der Waals surface area contributed by atoms with Crippen LogP contribution in [-0.2, 0) is 16.1 Å². The smallest absolute Gasteiger partial charge is 0.340 e. The van der Waals surface area contributed by atoms with Gasteiger partial charge in [0.25, 0.3) is 0 Å². The van der Waals surface area contributed by atoms with Gasteiger partial charge in [-0.25, -0.2) is 0 Å². The number of nitrogens with zero attached hydrogens (tertiary/aromatic N) is 4. The largest absolute Gasteiger partial charge is 0.401 e. The molecule has 1 unspecified atom stereocenters. The Labute approximate surface area is 149 Å². The number of piperazine rings is 1. The molecule has 3 rings (SSSR count). The minimum Gasteiger partial charge on any atom is -0.340 e. The van der Waals surface area contributed by atoms with Gasteiger partial charge >= 0.3 is 6.18 Å². The summed E-state index contributed by atoms with van der Waals surface area (Å²) in [6.45, 7) is 0.738. The Bertz CT molecular complexity index is 645. The monoisotopic (exact) mass is 370 g/mol. The van der Waals surface area contributed by atoms with Crippen LogP contribution in [0.4, 0.5) is 13.2 Å². The van der Waals surface area contributed by atoms with E-state index in [2.05, 4.69) is 4.98 Å². The lowest BCUT2D eigenvalue weighted by Crippen LogP contribution is -2.52. The molecule has 0 saturated carbocycles. The molecule has 0 aromatic carbocycles. The van der Waals surface area contributed by atoms with E-state index in [1.54, 1.807) is 28.3 Å². The predicted molar refractivity (Wildman–Crippen MR) is 86.8 cm³/mol. The van der Waals surface area contributed by atoms with Crippen molar-refractivity contribution in [2.75, 3.05) is 39.3 Å². The summed E-state index contributed by atoms with van der Waals surface area (Å²) in [7, 11) is 0. The number of rotatable bonds is 4. The highest BCUT2D eigenvalue weighted by Crippen LogP contribution is 2.23. The Kier molecular flexibility index (Phi) is 5.45. The number of hydrogen-bond donors (Lipinski definition) is 0. The molecule has 2 aliphatic heterocycles. The second-order valence-corrected chi connectivity index (χ2v) is 6.75. The molecule has 2 saturated heterocycles. The summed E-state index contributed by atoms with van der Waals surface area (Å²) in [6, 6.07) is 3.66. The first-order chi connectivity index (χ1) is 12.3. The maximum atomic E-state index is 12.6. The average Bonchev–Trinajstić information content (AvgIpc) is 2.95. The topological polar surface area (TPSA) is 56.8 Å². The average molecular weight is 370 g/mol. The Morgan fingerprint density at radius 3 is 2.58 bits per heavy atom. The number of carbonyl (C=O) groups excluding carboxylic acids is 2. The van der Waals surface area contributed by atoms with Crippen LogP contribution in [0.3, 0.4) is 0 Å². The van der Waals surface area contributed by atoms with E-state index >= 15 is 0 Å². The fourth-order valence-corrected chi connectivity index (χ4v) is 3.44. The number of hydrogen-bond acceptors (Lipinski definition) is 4. The number of likely N-dealkylation sites (tertiary alicyclic amines) is 1. The normalized spacial score (nSPS) is 22.1. The summed E-state index contributed by atoms with van der Waals surface area (Å²) in [4.78, 5) is 33.4. The Hall–Kier alpha value is -2.16. The minimum atomic E-state index is -4.23. The lowest BCUT2D eigenvalue weighted by molar-refractivity contribution is -0.152. The quantitative estimate of drug-likeness (QED) is 0.798. The second kappa shape index (κ2) is 7.61. The van der Waals surface area contributed by atoms with Gasteiger partial charge in [-0.2, -0.15) is 13.2 Å². The zero-order valence-electron chi connectivity index (χ0n) is 14.3. The van der Waals surface area contributed by atoms with E-state index in [1.165, 1.54) is 4.90 Å². The molecule has 6 nitrogen and oxygen atoms in total. The zero-order chi connectivity index (χ0) is 18.7. The minimum absolute atomic E-state index is 0.0806. The summed E-state index contributed by atoms with van der Waals surface area (Å²) in [5.41, 5.74) is 0.898. The van der Waals surface area contributed by atoms with Crippen molar-refractivity contribution in [2.24, 2.45) is 5.92 Å². The number of carbonyl (C=O) groups is 2. The Morgan fingerprint density at radius 1 is 1.23 bits per heavy atom. The van der Waals surface area contributed by atoms with Crippen LogP contribution in [0.5, 0.6) is 0 Å². The van der Waals surface area contributed by atoms with Crippen LogP contribution in [-0.4, -0.2) is 76.9 Å². The first kappa shape index (κ1) is 18.6. The Balaban J connectivity index is 1.51. The molecule has 2 fully saturated rings. The third kappa shape index (κ3) is 4.72. The van der Waals surface area contributed by atoms with Crippen LogP contribution < -0.4 is 0 Å². The van der Waals surface area contributed by atoms with Crippen molar-refractivity contribution < 1.29 is 22.8 Å². The molecule has 0 spiro atoms. The van der Waals surface area contributed by atoms with E-state index < -0.39 is 18.6 Å². The van der Waals surface area contributed by atoms with Crippen LogP contribution >= 0.6 is 0 Å². The molecule has 2 amide bonds. The molecule has 142 valence electrons. The van der Waals surface area contributed by atoms with E-state index in [1.807, 2.05) is 6.07 Å². The molecule has 0 aliphatic carbocycles. The van der Waals surface area contributed by atoms with E-state index in [-0.39, 0.29) is 44.4 Å². The van der Waals surface area contributed by atoms with Crippen molar-refractivity contribution in [1.29, 1.82) is 0 Å². The number of pyridine rings is 1. The molecule has 1 aromatic heterocycles. The first-order valence-electron chi connectivity index (χ1n) is 8.56. The molecular weight excluding hydrogens is 349 g/mol. The molecule has 0 bridgehead atoms. The lowest BCUT2D eigenvalue weighted by Gasteiger charge is -2.36. The molecule has 3 heterocycles. The highest BCUT2D eigenvalue weighted by atomic mass is 19.4. The SMILES string of the molecule is O=C1CC(C(=O)N2CCN(CC(F)(F)F)CC2)CN1Cc1cccnc1. The number of aromatic nitrogens is 1. The van der Waals surface area contributed by atoms with Crippen LogP contribution in [0, 0.1) is 5.92 Å². The van der Waals surface area contributed by atoms with Crippen molar-refractivity contribution in [3.8, 4) is 0 Å². The van der Waals surface area contributed by atoms with Gasteiger partial charge in [-0.3, -0.25) is 19.5 Å². The highest BCUT2D eigenvalue weighted by Gasteiger charge is 2.38. The lowest BCUT2D eigenvalue weighted by atomic mass is 10.1. The van der Waals surface area contributed by atoms with Crippen molar-refractivity contribution in [3.05, 3.63) is 30.1 Å². The van der Waals surface area contributed by atoms with E-state index in [0.717, 1.165) is 5.56 Å². The molecule has 26 heavy (non-hydrogen) atoms. The van der Waals surface area contributed by atoms with Crippen LogP contribution in [0.15, 0.2) is 24.5 Å². The molecule has 0 radical (unpaired) electrons. The van der Waals surface area contributed by atoms with Gasteiger partial charge in [-0.1, -0.05) is 6.07 Å². The maximum Gasteiger partial charge on any atom is 0.401 e. The van der Waals surface area contributed by atoms with E-state index in [4.69, 9.17) is 0 Å². The molecule has 2 aliphatic rings. The van der Waals surface area contributed by atoms with Gasteiger partial charge in [0.15, 0.2) is 0 Å². The van der Waals surface area contributed by atoms with E-state index in [0.29, 0.717) is 13.1 Å². The van der Waals surface area contributed by atoms with Crippen LogP contribution in [0.2, 0.25) is 0 Å². The molecule has 9 heteroatoms. The fraction of sp³-hybridized carbons (Fsp3) is 0.588. The summed E-state index contributed by atoms with van der Waals surface area (Å²) >= 11 is 0. The van der Waals surface area contributed by atoms with Gasteiger partial charge in [0, 0.05) is 58.1 Å². The summed E-state index contributed by atoms with van der Waals surface area (Å²) in [5, 5.41) is 0. The van der Waals surface area contributed by atoms with Crippen molar-refractivity contribution in [1.82, 2.24) is 19.7 Å². The molecule has 1 aromatic rings. The number of amides is 2. The second-order valence-electron chi connectivity index (χ2n) is 6.75. The first-order valence-corrected chi connectivity index (χ1v) is 8.56. The highest BCUT2D eigenvalue weighted by molar-refractivity contribution is 5.89. The number of halogens is 3. The standard InChI is InChI=1S/C17H21F3N4O2/c18-17(19,20)12-22-4-6-23(7-5-22)16(26)14-8-15(25)24(11-14)10-13-2-1-3-21-9-13/h1-3,9,14H,4-8,10-12H2. The summed E-state index contributed by atoms with van der Waals surface area (Å²) in [6.07, 6.45) is -0.735. The van der Waals surface area contributed by atoms with E-state index in [9.17, 15) is 22.8 Å². The maximum absolute atomic E-state index is 12.6. The van der Waals surface area contributed by atoms with Gasteiger partial charge in [-0.15, -0.1) is 0 Å². The van der Waals surface area contributed by atoms with Crippen LogP contribution in [0.1, 0.15) is 12.0 Å². The van der Waals surface area contributed by atoms with Gasteiger partial charge in [-0.05, 0) is 11.6 Å². The van der Waals surface area contributed by atoms with Gasteiger partial charge < -0.3 is 9.80 Å². The van der Waals surface area contributed by atoms with Crippen molar-refractivity contribution in [2.45, 2.75) is 19.1 Å². The predicted octanol–water partition coefficient (Wildman–Crippen LogP) is 1.14. The fourth-order valence-electron chi connectivity index (χ4n) is 3.44. The molecular formula is C17H21F3N4O2. The molecule has 0 N–H and O–H groups in total.